The molecule has 2 aliphatic rings. The number of amides is 1. The average Bonchev–Trinajstić information content (AvgIpc) is 2.65. The number of aryl methyl sites for hydroxylation is 1. The lowest BCUT2D eigenvalue weighted by atomic mass is 9.91. The lowest BCUT2D eigenvalue weighted by molar-refractivity contribution is -0.132. The number of carbonyl (C=O) groups is 1. The maximum atomic E-state index is 12.3. The molecule has 138 valence electrons. The second kappa shape index (κ2) is 8.74. The quantitative estimate of drug-likeness (QED) is 0.802. The van der Waals surface area contributed by atoms with Gasteiger partial charge in [0.15, 0.2) is 0 Å². The fraction of sp³-hybridized carbons (Fsp3) is 0.684. The van der Waals surface area contributed by atoms with Gasteiger partial charge in [-0.15, -0.1) is 0 Å². The monoisotopic (exact) mass is 345 g/mol. The molecule has 1 aromatic rings. The molecule has 1 aromatic heterocycles. The van der Waals surface area contributed by atoms with Gasteiger partial charge < -0.3 is 16.0 Å². The molecular formula is C19H31N5O. The van der Waals surface area contributed by atoms with Gasteiger partial charge in [0, 0.05) is 44.8 Å². The summed E-state index contributed by atoms with van der Waals surface area (Å²) in [6, 6.07) is 4.94. The molecule has 6 heteroatoms. The highest BCUT2D eigenvalue weighted by Gasteiger charge is 2.29. The van der Waals surface area contributed by atoms with E-state index in [4.69, 9.17) is 5.73 Å². The van der Waals surface area contributed by atoms with Gasteiger partial charge in [-0.25, -0.2) is 0 Å². The third kappa shape index (κ3) is 4.57. The zero-order valence-electron chi connectivity index (χ0n) is 15.3. The molecule has 25 heavy (non-hydrogen) atoms. The van der Waals surface area contributed by atoms with Crippen LogP contribution in [0.5, 0.6) is 0 Å². The molecule has 2 unspecified atom stereocenters. The summed E-state index contributed by atoms with van der Waals surface area (Å²) >= 11 is 0. The molecule has 3 rings (SSSR count). The van der Waals surface area contributed by atoms with Crippen molar-refractivity contribution in [1.29, 1.82) is 0 Å². The Hall–Kier alpha value is -1.50. The summed E-state index contributed by atoms with van der Waals surface area (Å²) in [6.07, 6.45) is 6.76. The lowest BCUT2D eigenvalue weighted by Gasteiger charge is -2.39. The summed E-state index contributed by atoms with van der Waals surface area (Å²) in [5.41, 5.74) is 8.15. The molecule has 6 nitrogen and oxygen atoms in total. The fourth-order valence-electron chi connectivity index (χ4n) is 4.07. The zero-order chi connectivity index (χ0) is 17.6. The Morgan fingerprint density at radius 1 is 1.52 bits per heavy atom. The van der Waals surface area contributed by atoms with Crippen LogP contribution in [-0.2, 0) is 11.2 Å². The smallest absolute Gasteiger partial charge is 0.222 e. The van der Waals surface area contributed by atoms with E-state index in [1.54, 1.807) is 0 Å². The van der Waals surface area contributed by atoms with Crippen LogP contribution >= 0.6 is 0 Å². The van der Waals surface area contributed by atoms with Gasteiger partial charge in [0.2, 0.25) is 5.91 Å². The van der Waals surface area contributed by atoms with Crippen LogP contribution in [0, 0.1) is 0 Å². The fourth-order valence-corrected chi connectivity index (χ4v) is 4.07. The van der Waals surface area contributed by atoms with Crippen molar-refractivity contribution in [2.45, 2.75) is 44.2 Å². The summed E-state index contributed by atoms with van der Waals surface area (Å²) in [5, 5.41) is 3.57. The van der Waals surface area contributed by atoms with Gasteiger partial charge in [-0.2, -0.15) is 0 Å². The van der Waals surface area contributed by atoms with Gasteiger partial charge in [0.25, 0.3) is 0 Å². The molecule has 2 heterocycles. The average molecular weight is 345 g/mol. The first-order chi connectivity index (χ1) is 12.2. The van der Waals surface area contributed by atoms with E-state index in [-0.39, 0.29) is 5.91 Å². The standard InChI is InChI=1S/C19H31N5O/c1-23(17-7-2-5-15-6-4-10-22-19(15)17)13-16-14-24(12-11-21-16)18(25)8-3-9-20/h4,6,10,16-17,21H,2-3,5,7-9,11-14,20H2,1H3. The van der Waals surface area contributed by atoms with Crippen LogP contribution in [0.1, 0.15) is 43.0 Å². The highest BCUT2D eigenvalue weighted by molar-refractivity contribution is 5.76. The minimum absolute atomic E-state index is 0.240. The highest BCUT2D eigenvalue weighted by atomic mass is 16.2. The number of carbonyl (C=O) groups excluding carboxylic acids is 1. The number of nitrogens with zero attached hydrogens (tertiary/aromatic N) is 3. The number of hydrogen-bond acceptors (Lipinski definition) is 5. The van der Waals surface area contributed by atoms with Gasteiger partial charge in [0.1, 0.15) is 0 Å². The van der Waals surface area contributed by atoms with Gasteiger partial charge in [-0.3, -0.25) is 14.7 Å². The van der Waals surface area contributed by atoms with Gasteiger partial charge in [0.05, 0.1) is 11.7 Å². The number of nitrogens with one attached hydrogen (secondary N) is 1. The Balaban J connectivity index is 1.58. The first-order valence-electron chi connectivity index (χ1n) is 9.54. The summed E-state index contributed by atoms with van der Waals surface area (Å²) in [7, 11) is 2.19. The Morgan fingerprint density at radius 3 is 3.24 bits per heavy atom. The molecule has 0 radical (unpaired) electrons. The van der Waals surface area contributed by atoms with Crippen LogP contribution in [-0.4, -0.2) is 66.5 Å². The van der Waals surface area contributed by atoms with Gasteiger partial charge >= 0.3 is 0 Å². The maximum absolute atomic E-state index is 12.3. The first-order valence-corrected chi connectivity index (χ1v) is 9.54. The Kier molecular flexibility index (Phi) is 6.39. The molecule has 1 saturated heterocycles. The van der Waals surface area contributed by atoms with E-state index in [1.165, 1.54) is 17.7 Å². The highest BCUT2D eigenvalue weighted by Crippen LogP contribution is 2.31. The van der Waals surface area contributed by atoms with Gasteiger partial charge in [-0.1, -0.05) is 6.07 Å². The summed E-state index contributed by atoms with van der Waals surface area (Å²) in [6.45, 7) is 3.97. The Bertz CT molecular complexity index is 579. The molecule has 0 spiro atoms. The minimum Gasteiger partial charge on any atom is -0.340 e. The number of pyridine rings is 1. The van der Waals surface area contributed by atoms with Crippen molar-refractivity contribution in [3.8, 4) is 0 Å². The van der Waals surface area contributed by atoms with Crippen molar-refractivity contribution in [1.82, 2.24) is 20.1 Å². The summed E-state index contributed by atoms with van der Waals surface area (Å²) < 4.78 is 0. The number of piperazine rings is 1. The molecule has 0 bridgehead atoms. The van der Waals surface area contributed by atoms with E-state index in [0.29, 0.717) is 25.0 Å². The van der Waals surface area contributed by atoms with E-state index in [9.17, 15) is 4.79 Å². The van der Waals surface area contributed by atoms with Crippen LogP contribution < -0.4 is 11.1 Å². The molecule has 1 fully saturated rings. The molecule has 3 N–H and O–H groups in total. The van der Waals surface area contributed by atoms with Crippen molar-refractivity contribution >= 4 is 5.91 Å². The van der Waals surface area contributed by atoms with Crippen molar-refractivity contribution in [2.75, 3.05) is 39.8 Å². The second-order valence-electron chi connectivity index (χ2n) is 7.28. The number of likely N-dealkylation sites (N-methyl/N-ethyl adjacent to an activating group) is 1. The van der Waals surface area contributed by atoms with Crippen LogP contribution in [0.25, 0.3) is 0 Å². The number of fused-ring (bicyclic) bond motifs is 1. The predicted molar refractivity (Wildman–Crippen MR) is 99.2 cm³/mol. The van der Waals surface area contributed by atoms with Crippen LogP contribution in [0.4, 0.5) is 0 Å². The number of hydrogen-bond donors (Lipinski definition) is 2. The zero-order valence-corrected chi connectivity index (χ0v) is 15.3. The second-order valence-corrected chi connectivity index (χ2v) is 7.28. The molecule has 1 aliphatic heterocycles. The summed E-state index contributed by atoms with van der Waals surface area (Å²) in [5.74, 6) is 0.240. The van der Waals surface area contributed by atoms with E-state index in [2.05, 4.69) is 28.3 Å². The molecule has 0 saturated carbocycles. The number of rotatable bonds is 6. The maximum Gasteiger partial charge on any atom is 0.222 e. The molecule has 1 aliphatic carbocycles. The number of nitrogens with two attached hydrogens (primary N) is 1. The Morgan fingerprint density at radius 2 is 2.40 bits per heavy atom. The molecule has 2 atom stereocenters. The van der Waals surface area contributed by atoms with Crippen LogP contribution in [0.3, 0.4) is 0 Å². The van der Waals surface area contributed by atoms with Crippen molar-refractivity contribution in [2.24, 2.45) is 5.73 Å². The largest absolute Gasteiger partial charge is 0.340 e. The lowest BCUT2D eigenvalue weighted by Crippen LogP contribution is -2.56. The van der Waals surface area contributed by atoms with Crippen molar-refractivity contribution in [3.05, 3.63) is 29.6 Å². The normalized spacial score (nSPS) is 23.6. The first kappa shape index (κ1) is 18.3. The topological polar surface area (TPSA) is 74.5 Å². The third-order valence-electron chi connectivity index (χ3n) is 5.41. The SMILES string of the molecule is CN(CC1CN(C(=O)CCCN)CCN1)C1CCCc2cccnc21. The Labute approximate surface area is 150 Å². The van der Waals surface area contributed by atoms with Crippen LogP contribution in [0.15, 0.2) is 18.3 Å². The van der Waals surface area contributed by atoms with E-state index in [0.717, 1.165) is 45.4 Å². The van der Waals surface area contributed by atoms with Crippen molar-refractivity contribution < 1.29 is 4.79 Å². The summed E-state index contributed by atoms with van der Waals surface area (Å²) in [4.78, 5) is 21.3. The van der Waals surface area contributed by atoms with Crippen LogP contribution in [0.2, 0.25) is 0 Å². The van der Waals surface area contributed by atoms with Crippen molar-refractivity contribution in [3.63, 3.8) is 0 Å². The van der Waals surface area contributed by atoms with E-state index >= 15 is 0 Å². The molecule has 1 amide bonds. The number of aromatic nitrogens is 1. The molecule has 0 aromatic carbocycles. The third-order valence-corrected chi connectivity index (χ3v) is 5.41. The van der Waals surface area contributed by atoms with E-state index in [1.807, 2.05) is 17.2 Å². The van der Waals surface area contributed by atoms with Gasteiger partial charge in [-0.05, 0) is 50.9 Å². The van der Waals surface area contributed by atoms with E-state index < -0.39 is 0 Å². The molecular weight excluding hydrogens is 314 g/mol. The predicted octanol–water partition coefficient (Wildman–Crippen LogP) is 0.930. The minimum atomic E-state index is 0.240.